The molecule has 8 nitrogen and oxygen atoms in total. The quantitative estimate of drug-likeness (QED) is 0.523. The number of benzene rings is 1. The molecule has 200 valence electrons. The summed E-state index contributed by atoms with van der Waals surface area (Å²) in [7, 11) is 0. The average molecular weight is 523 g/mol. The Morgan fingerprint density at radius 2 is 1.84 bits per heavy atom. The van der Waals surface area contributed by atoms with Crippen molar-refractivity contribution in [3.8, 4) is 5.88 Å². The van der Waals surface area contributed by atoms with Gasteiger partial charge in [0.15, 0.2) is 17.5 Å². The molecule has 0 saturated carbocycles. The van der Waals surface area contributed by atoms with Crippen LogP contribution in [-0.4, -0.2) is 58.3 Å². The highest BCUT2D eigenvalue weighted by Crippen LogP contribution is 2.38. The molecule has 0 unspecified atom stereocenters. The number of aromatic nitrogens is 3. The lowest BCUT2D eigenvalue weighted by molar-refractivity contribution is -0.135. The second-order valence-electron chi connectivity index (χ2n) is 10.2. The Morgan fingerprint density at radius 1 is 1.05 bits per heavy atom. The number of nitrogen functional groups attached to an aromatic ring is 1. The monoisotopic (exact) mass is 522 g/mol. The number of amides is 1. The fourth-order valence-corrected chi connectivity index (χ4v) is 5.49. The molecule has 10 heteroatoms. The molecule has 2 aromatic heterocycles. The van der Waals surface area contributed by atoms with Crippen molar-refractivity contribution in [2.75, 3.05) is 36.8 Å². The third-order valence-corrected chi connectivity index (χ3v) is 7.67. The van der Waals surface area contributed by atoms with Crippen LogP contribution in [-0.2, 0) is 4.79 Å². The smallest absolute Gasteiger partial charge is 0.225 e. The molecular formula is C28H32F2N6O2. The number of hydrogen-bond acceptors (Lipinski definition) is 7. The first-order chi connectivity index (χ1) is 18.3. The molecule has 2 aliphatic rings. The average Bonchev–Trinajstić information content (AvgIpc) is 3.37. The lowest BCUT2D eigenvalue weighted by Crippen LogP contribution is -2.42. The summed E-state index contributed by atoms with van der Waals surface area (Å²) in [5, 5.41) is 8.41. The van der Waals surface area contributed by atoms with Crippen molar-refractivity contribution in [2.45, 2.75) is 38.7 Å². The summed E-state index contributed by atoms with van der Waals surface area (Å²) in [6.45, 7) is 6.14. The fraction of sp³-hybridized carbons (Fsp3) is 0.429. The van der Waals surface area contributed by atoms with Crippen LogP contribution in [0.25, 0.3) is 0 Å². The van der Waals surface area contributed by atoms with Gasteiger partial charge >= 0.3 is 0 Å². The maximum atomic E-state index is 14.2. The van der Waals surface area contributed by atoms with E-state index in [1.807, 2.05) is 30.9 Å². The van der Waals surface area contributed by atoms with E-state index in [9.17, 15) is 13.6 Å². The SMILES string of the molecule is Cc1ccc(N2CCC(C(=O)N3C[C@H]([C@H](C)Oc4ccc(N)cn4)[C@@H](c4ccc(F)c(F)c4)C3)CC2)nn1. The van der Waals surface area contributed by atoms with Gasteiger partial charge < -0.3 is 20.3 Å². The Bertz CT molecular complexity index is 1270. The largest absolute Gasteiger partial charge is 0.474 e. The van der Waals surface area contributed by atoms with Crippen LogP contribution in [0.3, 0.4) is 0 Å². The van der Waals surface area contributed by atoms with E-state index >= 15 is 0 Å². The standard InChI is InChI=1S/C28H32F2N6O2/c1-17-3-7-26(34-33-17)35-11-9-19(10-12-35)28(37)36-15-22(18(2)38-27-8-5-21(31)14-32-27)23(16-36)20-4-6-24(29)25(30)13-20/h3-8,13-14,18-19,22-23H,9-12,15-16,31H2,1-2H3/t18-,22+,23+/m0/s1. The maximum Gasteiger partial charge on any atom is 0.225 e. The molecule has 1 amide bonds. The predicted molar refractivity (Wildman–Crippen MR) is 140 cm³/mol. The van der Waals surface area contributed by atoms with E-state index in [0.29, 0.717) is 43.1 Å². The number of carbonyl (C=O) groups excluding carboxylic acids is 1. The molecule has 0 bridgehead atoms. The van der Waals surface area contributed by atoms with Crippen LogP contribution < -0.4 is 15.4 Å². The Hall–Kier alpha value is -3.82. The number of rotatable bonds is 6. The van der Waals surface area contributed by atoms with Crippen molar-refractivity contribution >= 4 is 17.4 Å². The molecule has 38 heavy (non-hydrogen) atoms. The van der Waals surface area contributed by atoms with Crippen LogP contribution in [0.2, 0.25) is 0 Å². The summed E-state index contributed by atoms with van der Waals surface area (Å²) in [5.74, 6) is -0.901. The number of carbonyl (C=O) groups is 1. The van der Waals surface area contributed by atoms with Crippen molar-refractivity contribution in [3.63, 3.8) is 0 Å². The minimum absolute atomic E-state index is 0.0903. The van der Waals surface area contributed by atoms with Gasteiger partial charge in [0.25, 0.3) is 0 Å². The molecule has 0 radical (unpaired) electrons. The van der Waals surface area contributed by atoms with Gasteiger partial charge in [-0.15, -0.1) is 5.10 Å². The maximum absolute atomic E-state index is 14.2. The highest BCUT2D eigenvalue weighted by molar-refractivity contribution is 5.79. The molecular weight excluding hydrogens is 490 g/mol. The van der Waals surface area contributed by atoms with Crippen molar-refractivity contribution < 1.29 is 18.3 Å². The number of likely N-dealkylation sites (tertiary alicyclic amines) is 1. The Labute approximate surface area is 220 Å². The van der Waals surface area contributed by atoms with E-state index in [0.717, 1.165) is 30.7 Å². The molecule has 0 aliphatic carbocycles. The number of halogens is 2. The number of hydrogen-bond donors (Lipinski definition) is 1. The van der Waals surface area contributed by atoms with Gasteiger partial charge in [0.05, 0.1) is 17.6 Å². The normalized spacial score (nSPS) is 20.9. The summed E-state index contributed by atoms with van der Waals surface area (Å²) in [4.78, 5) is 21.9. The van der Waals surface area contributed by atoms with E-state index in [4.69, 9.17) is 10.5 Å². The van der Waals surface area contributed by atoms with Gasteiger partial charge in [0, 0.05) is 50.0 Å². The third kappa shape index (κ3) is 5.54. The first kappa shape index (κ1) is 25.8. The lowest BCUT2D eigenvalue weighted by atomic mass is 9.85. The molecule has 0 spiro atoms. The Morgan fingerprint density at radius 3 is 2.50 bits per heavy atom. The predicted octanol–water partition coefficient (Wildman–Crippen LogP) is 3.97. The Balaban J connectivity index is 1.30. The van der Waals surface area contributed by atoms with Crippen molar-refractivity contribution in [1.82, 2.24) is 20.1 Å². The highest BCUT2D eigenvalue weighted by atomic mass is 19.2. The number of anilines is 2. The number of nitrogens with two attached hydrogens (primary N) is 1. The van der Waals surface area contributed by atoms with Crippen LogP contribution >= 0.6 is 0 Å². The molecule has 2 N–H and O–H groups in total. The first-order valence-electron chi connectivity index (χ1n) is 13.0. The minimum atomic E-state index is -0.897. The zero-order valence-electron chi connectivity index (χ0n) is 21.6. The molecule has 2 saturated heterocycles. The number of ether oxygens (including phenoxy) is 1. The van der Waals surface area contributed by atoms with Crippen molar-refractivity contribution in [1.29, 1.82) is 0 Å². The van der Waals surface area contributed by atoms with E-state index in [1.54, 1.807) is 18.2 Å². The van der Waals surface area contributed by atoms with Crippen LogP contribution in [0.15, 0.2) is 48.7 Å². The number of aryl methyl sites for hydroxylation is 1. The van der Waals surface area contributed by atoms with Gasteiger partial charge in [0.1, 0.15) is 6.10 Å². The summed E-state index contributed by atoms with van der Waals surface area (Å²) in [6.07, 6.45) is 2.62. The van der Waals surface area contributed by atoms with E-state index in [2.05, 4.69) is 20.1 Å². The lowest BCUT2D eigenvalue weighted by Gasteiger charge is -2.33. The van der Waals surface area contributed by atoms with Gasteiger partial charge in [-0.3, -0.25) is 4.79 Å². The molecule has 5 rings (SSSR count). The Kier molecular flexibility index (Phi) is 7.40. The molecule has 2 aliphatic heterocycles. The molecule has 3 aromatic rings. The number of pyridine rings is 1. The second kappa shape index (κ2) is 10.9. The van der Waals surface area contributed by atoms with Gasteiger partial charge in [0.2, 0.25) is 11.8 Å². The minimum Gasteiger partial charge on any atom is -0.474 e. The third-order valence-electron chi connectivity index (χ3n) is 7.67. The summed E-state index contributed by atoms with van der Waals surface area (Å²) in [5.41, 5.74) is 7.78. The fourth-order valence-electron chi connectivity index (χ4n) is 5.49. The zero-order valence-corrected chi connectivity index (χ0v) is 21.6. The van der Waals surface area contributed by atoms with Gasteiger partial charge in [-0.1, -0.05) is 6.07 Å². The van der Waals surface area contributed by atoms with Gasteiger partial charge in [-0.2, -0.15) is 5.10 Å². The number of nitrogens with zero attached hydrogens (tertiary/aromatic N) is 5. The summed E-state index contributed by atoms with van der Waals surface area (Å²) < 4.78 is 34.0. The molecule has 1 aromatic carbocycles. The van der Waals surface area contributed by atoms with Crippen LogP contribution in [0.4, 0.5) is 20.3 Å². The van der Waals surface area contributed by atoms with Gasteiger partial charge in [-0.05, 0) is 62.6 Å². The molecule has 3 atom stereocenters. The second-order valence-corrected chi connectivity index (χ2v) is 10.2. The van der Waals surface area contributed by atoms with Crippen LogP contribution in [0, 0.1) is 30.4 Å². The van der Waals surface area contributed by atoms with E-state index in [1.165, 1.54) is 12.3 Å². The van der Waals surface area contributed by atoms with E-state index in [-0.39, 0.29) is 29.8 Å². The van der Waals surface area contributed by atoms with Crippen LogP contribution in [0.1, 0.15) is 36.9 Å². The summed E-state index contributed by atoms with van der Waals surface area (Å²) >= 11 is 0. The van der Waals surface area contributed by atoms with Crippen molar-refractivity contribution in [2.24, 2.45) is 11.8 Å². The van der Waals surface area contributed by atoms with Crippen LogP contribution in [0.5, 0.6) is 5.88 Å². The first-order valence-corrected chi connectivity index (χ1v) is 13.0. The zero-order chi connectivity index (χ0) is 26.8. The number of piperidine rings is 1. The topological polar surface area (TPSA) is 97.5 Å². The van der Waals surface area contributed by atoms with Crippen molar-refractivity contribution in [3.05, 3.63) is 71.6 Å². The molecule has 4 heterocycles. The van der Waals surface area contributed by atoms with E-state index < -0.39 is 11.6 Å². The molecule has 2 fully saturated rings. The summed E-state index contributed by atoms with van der Waals surface area (Å²) in [6, 6.07) is 11.3. The highest BCUT2D eigenvalue weighted by Gasteiger charge is 2.42. The van der Waals surface area contributed by atoms with Gasteiger partial charge in [-0.25, -0.2) is 13.8 Å².